The normalized spacial score (nSPS) is 12.3. The van der Waals surface area contributed by atoms with E-state index in [4.69, 9.17) is 0 Å². The molecule has 0 aliphatic carbocycles. The molecule has 0 heterocycles. The molecule has 56 valence electrons. The monoisotopic (exact) mass is 148 g/mol. The number of rotatable bonds is 3. The average molecular weight is 148 g/mol. The van der Waals surface area contributed by atoms with Crippen molar-refractivity contribution in [2.75, 3.05) is 6.29 Å². The molecule has 2 heteroatoms. The first-order chi connectivity index (χ1) is 4.09. The lowest BCUT2D eigenvalue weighted by molar-refractivity contribution is 0.210. The van der Waals surface area contributed by atoms with Crippen LogP contribution in [0.5, 0.6) is 0 Å². The Bertz CT molecular complexity index is 63.3. The van der Waals surface area contributed by atoms with Crippen molar-refractivity contribution in [1.29, 1.82) is 0 Å². The van der Waals surface area contributed by atoms with Gasteiger partial charge < -0.3 is 0 Å². The van der Waals surface area contributed by atoms with Gasteiger partial charge in [0.2, 0.25) is 0 Å². The highest BCUT2D eigenvalue weighted by Gasteiger charge is 2.11. The fourth-order valence-electron chi connectivity index (χ4n) is 1.11. The van der Waals surface area contributed by atoms with Gasteiger partial charge in [0, 0.05) is 12.1 Å². The Labute approximate surface area is 61.0 Å². The molecule has 0 spiro atoms. The molecule has 0 aromatic rings. The Morgan fingerprint density at radius 1 is 1.11 bits per heavy atom. The summed E-state index contributed by atoms with van der Waals surface area (Å²) in [7, 11) is 2.03. The van der Waals surface area contributed by atoms with Crippen molar-refractivity contribution in [3.8, 4) is 0 Å². The first kappa shape index (κ1) is 9.39. The van der Waals surface area contributed by atoms with Crippen molar-refractivity contribution in [3.05, 3.63) is 0 Å². The predicted molar refractivity (Wildman–Crippen MR) is 48.1 cm³/mol. The van der Waals surface area contributed by atoms with Crippen LogP contribution in [-0.2, 0) is 0 Å². The third kappa shape index (κ3) is 3.17. The van der Waals surface area contributed by atoms with Crippen LogP contribution >= 0.6 is 9.24 Å². The van der Waals surface area contributed by atoms with Crippen LogP contribution in [0.15, 0.2) is 0 Å². The van der Waals surface area contributed by atoms with Crippen LogP contribution in [0.3, 0.4) is 0 Å². The molecule has 0 fully saturated rings. The molecule has 0 aliphatic heterocycles. The first-order valence-corrected chi connectivity index (χ1v) is 4.64. The van der Waals surface area contributed by atoms with Crippen molar-refractivity contribution < 1.29 is 0 Å². The zero-order valence-corrected chi connectivity index (χ0v) is 8.43. The largest absolute Gasteiger partial charge is 0.267 e. The van der Waals surface area contributed by atoms with Gasteiger partial charge in [0.05, 0.1) is 0 Å². The van der Waals surface area contributed by atoms with Crippen LogP contribution in [0, 0.1) is 0 Å². The van der Waals surface area contributed by atoms with Gasteiger partial charge in [0.25, 0.3) is 0 Å². The highest BCUT2D eigenvalue weighted by Crippen LogP contribution is 2.05. The van der Waals surface area contributed by atoms with Crippen molar-refractivity contribution in [3.63, 3.8) is 0 Å². The SMILES string of the molecule is CC(C)N(C[PH3+])C(C)C. The number of nitrogens with zero attached hydrogens (tertiary/aromatic N) is 1. The van der Waals surface area contributed by atoms with Crippen molar-refractivity contribution >= 4 is 9.24 Å². The van der Waals surface area contributed by atoms with Gasteiger partial charge in [0.15, 0.2) is 0 Å². The van der Waals surface area contributed by atoms with E-state index < -0.39 is 0 Å². The maximum atomic E-state index is 2.47. The van der Waals surface area contributed by atoms with Gasteiger partial charge in [-0.05, 0) is 36.9 Å². The van der Waals surface area contributed by atoms with E-state index in [1.807, 2.05) is 9.24 Å². The van der Waals surface area contributed by atoms with Gasteiger partial charge in [-0.25, -0.2) is 0 Å². The Morgan fingerprint density at radius 3 is 1.44 bits per heavy atom. The van der Waals surface area contributed by atoms with E-state index in [1.54, 1.807) is 0 Å². The fraction of sp³-hybridized carbons (Fsp3) is 1.00. The molecule has 0 bridgehead atoms. The van der Waals surface area contributed by atoms with Crippen LogP contribution in [0.4, 0.5) is 0 Å². The molecule has 0 aromatic heterocycles. The highest BCUT2D eigenvalue weighted by molar-refractivity contribution is 7.16. The van der Waals surface area contributed by atoms with Gasteiger partial charge in [-0.1, -0.05) is 0 Å². The molecule has 1 atom stereocenters. The van der Waals surface area contributed by atoms with E-state index >= 15 is 0 Å². The zero-order chi connectivity index (χ0) is 7.44. The van der Waals surface area contributed by atoms with Gasteiger partial charge in [-0.3, -0.25) is 4.90 Å². The summed E-state index contributed by atoms with van der Waals surface area (Å²) >= 11 is 0. The second kappa shape index (κ2) is 4.24. The molecule has 0 N–H and O–H groups in total. The summed E-state index contributed by atoms with van der Waals surface area (Å²) < 4.78 is 0. The van der Waals surface area contributed by atoms with Gasteiger partial charge in [-0.15, -0.1) is 0 Å². The minimum Gasteiger partial charge on any atom is -0.267 e. The van der Waals surface area contributed by atoms with Gasteiger partial charge in [-0.2, -0.15) is 0 Å². The summed E-state index contributed by atoms with van der Waals surface area (Å²) in [4.78, 5) is 2.47. The summed E-state index contributed by atoms with van der Waals surface area (Å²) in [5.41, 5.74) is 0. The lowest BCUT2D eigenvalue weighted by Crippen LogP contribution is -2.35. The second-order valence-corrected chi connectivity index (χ2v) is 3.37. The molecule has 0 aliphatic rings. The molecule has 9 heavy (non-hydrogen) atoms. The van der Waals surface area contributed by atoms with E-state index in [2.05, 4.69) is 32.6 Å². The fourth-order valence-corrected chi connectivity index (χ4v) is 2.15. The Hall–Kier alpha value is 0.390. The molecule has 0 saturated carbocycles. The summed E-state index contributed by atoms with van der Waals surface area (Å²) in [5, 5.41) is 0. The van der Waals surface area contributed by atoms with Crippen molar-refractivity contribution in [1.82, 2.24) is 4.90 Å². The number of hydrogen-bond acceptors (Lipinski definition) is 1. The van der Waals surface area contributed by atoms with Crippen molar-refractivity contribution in [2.24, 2.45) is 0 Å². The standard InChI is InChI=1S/C7H18NP/c1-6(2)8(5-9)7(3)4/h6-7H,5,9H2,1-4H3/p+1. The Kier molecular flexibility index (Phi) is 4.43. The second-order valence-electron chi connectivity index (χ2n) is 2.93. The maximum Gasteiger partial charge on any atom is 0.105 e. The lowest BCUT2D eigenvalue weighted by Gasteiger charge is -2.26. The van der Waals surface area contributed by atoms with E-state index in [-0.39, 0.29) is 0 Å². The van der Waals surface area contributed by atoms with E-state index in [1.165, 1.54) is 6.29 Å². The minimum absolute atomic E-state index is 0.697. The highest BCUT2D eigenvalue weighted by atomic mass is 31.0. The third-order valence-electron chi connectivity index (χ3n) is 1.58. The van der Waals surface area contributed by atoms with E-state index in [0.717, 1.165) is 0 Å². The molecule has 1 unspecified atom stereocenters. The molecular weight excluding hydrogens is 129 g/mol. The topological polar surface area (TPSA) is 3.24 Å². The van der Waals surface area contributed by atoms with Crippen LogP contribution in [0.25, 0.3) is 0 Å². The van der Waals surface area contributed by atoms with Crippen LogP contribution in [0.1, 0.15) is 27.7 Å². The first-order valence-electron chi connectivity index (χ1n) is 3.64. The summed E-state index contributed by atoms with van der Waals surface area (Å²) in [6.45, 7) is 8.98. The molecule has 0 radical (unpaired) electrons. The average Bonchev–Trinajstić information content (AvgIpc) is 1.64. The van der Waals surface area contributed by atoms with Crippen molar-refractivity contribution in [2.45, 2.75) is 39.8 Å². The van der Waals surface area contributed by atoms with Crippen LogP contribution < -0.4 is 0 Å². The molecule has 1 nitrogen and oxygen atoms in total. The van der Waals surface area contributed by atoms with Gasteiger partial charge >= 0.3 is 0 Å². The van der Waals surface area contributed by atoms with Gasteiger partial charge in [0.1, 0.15) is 6.29 Å². The molecule has 0 rings (SSSR count). The predicted octanol–water partition coefficient (Wildman–Crippen LogP) is 1.67. The summed E-state index contributed by atoms with van der Waals surface area (Å²) in [5.74, 6) is 0. The summed E-state index contributed by atoms with van der Waals surface area (Å²) in [6, 6.07) is 1.39. The quantitative estimate of drug-likeness (QED) is 0.550. The van der Waals surface area contributed by atoms with E-state index in [9.17, 15) is 0 Å². The smallest absolute Gasteiger partial charge is 0.105 e. The Balaban J connectivity index is 3.68. The maximum absolute atomic E-state index is 2.47. The van der Waals surface area contributed by atoms with E-state index in [0.29, 0.717) is 12.1 Å². The number of hydrogen-bond donors (Lipinski definition) is 0. The molecule has 0 saturated heterocycles. The van der Waals surface area contributed by atoms with Crippen LogP contribution in [-0.4, -0.2) is 23.3 Å². The lowest BCUT2D eigenvalue weighted by atomic mass is 10.2. The molecule has 0 aromatic carbocycles. The van der Waals surface area contributed by atoms with Crippen LogP contribution in [0.2, 0.25) is 0 Å². The molecule has 0 amide bonds. The minimum atomic E-state index is 0.697. The Morgan fingerprint density at radius 2 is 1.44 bits per heavy atom. The zero-order valence-electron chi connectivity index (χ0n) is 7.02. The summed E-state index contributed by atoms with van der Waals surface area (Å²) in [6.07, 6.45) is 1.19. The molecular formula is C7H19NP+. The third-order valence-corrected chi connectivity index (χ3v) is 2.10.